The lowest BCUT2D eigenvalue weighted by molar-refractivity contribution is 0.312. The minimum Gasteiger partial charge on any atom is -0.369 e. The monoisotopic (exact) mass is 514 g/mol. The van der Waals surface area contributed by atoms with Crippen LogP contribution in [0.25, 0.3) is 0 Å². The number of hydrogen-bond acceptors (Lipinski definition) is 8. The normalized spacial score (nSPS) is 18.8. The molecule has 0 aliphatic carbocycles. The molecule has 1 aliphatic heterocycles. The van der Waals surface area contributed by atoms with Gasteiger partial charge >= 0.3 is 0 Å². The van der Waals surface area contributed by atoms with Crippen LogP contribution < -0.4 is 11.1 Å². The highest BCUT2D eigenvalue weighted by Gasteiger charge is 2.33. The molecule has 1 aliphatic rings. The summed E-state index contributed by atoms with van der Waals surface area (Å²) in [6, 6.07) is 3.42. The number of sulfonamides is 1. The zero-order chi connectivity index (χ0) is 21.7. The van der Waals surface area contributed by atoms with E-state index < -0.39 is 10.0 Å². The highest BCUT2D eigenvalue weighted by atomic mass is 79.9. The Morgan fingerprint density at radius 3 is 2.97 bits per heavy atom. The minimum absolute atomic E-state index is 0.0159. The van der Waals surface area contributed by atoms with Gasteiger partial charge in [-0.25, -0.2) is 23.4 Å². The van der Waals surface area contributed by atoms with Crippen molar-refractivity contribution in [2.45, 2.75) is 42.2 Å². The third-order valence-electron chi connectivity index (χ3n) is 5.18. The van der Waals surface area contributed by atoms with Gasteiger partial charge in [-0.1, -0.05) is 6.92 Å². The number of nitrogens with zero attached hydrogens (tertiary/aromatic N) is 4. The van der Waals surface area contributed by atoms with Gasteiger partial charge in [0.05, 0.1) is 5.69 Å². The summed E-state index contributed by atoms with van der Waals surface area (Å²) < 4.78 is 29.2. The van der Waals surface area contributed by atoms with E-state index in [2.05, 4.69) is 49.4 Å². The van der Waals surface area contributed by atoms with Crippen LogP contribution >= 0.6 is 27.7 Å². The lowest BCUT2D eigenvalue weighted by Crippen LogP contribution is -2.39. The maximum Gasteiger partial charge on any atom is 0.246 e. The van der Waals surface area contributed by atoms with Crippen LogP contribution in [-0.2, 0) is 10.0 Å². The number of piperidine rings is 1. The van der Waals surface area contributed by atoms with Crippen LogP contribution in [0.3, 0.4) is 0 Å². The highest BCUT2D eigenvalue weighted by Crippen LogP contribution is 2.32. The van der Waals surface area contributed by atoms with Crippen LogP contribution in [-0.4, -0.2) is 58.8 Å². The van der Waals surface area contributed by atoms with Crippen molar-refractivity contribution in [1.82, 2.24) is 19.3 Å². The molecular formula is C19H27BrN6O2S2. The Labute approximate surface area is 190 Å². The predicted octanol–water partition coefficient (Wildman–Crippen LogP) is 3.34. The molecule has 3 heterocycles. The summed E-state index contributed by atoms with van der Waals surface area (Å²) in [6.07, 6.45) is 7.82. The number of anilines is 2. The van der Waals surface area contributed by atoms with E-state index in [1.165, 1.54) is 4.31 Å². The molecule has 8 nitrogen and oxygen atoms in total. The fourth-order valence-corrected chi connectivity index (χ4v) is 5.92. The maximum absolute atomic E-state index is 13.5. The van der Waals surface area contributed by atoms with E-state index >= 15 is 0 Å². The van der Waals surface area contributed by atoms with Crippen LogP contribution in [0.2, 0.25) is 0 Å². The Balaban J connectivity index is 1.82. The van der Waals surface area contributed by atoms with Crippen molar-refractivity contribution in [3.63, 3.8) is 0 Å². The summed E-state index contributed by atoms with van der Waals surface area (Å²) in [4.78, 5) is 12.8. The largest absolute Gasteiger partial charge is 0.369 e. The van der Waals surface area contributed by atoms with Gasteiger partial charge in [0.1, 0.15) is 10.7 Å². The molecule has 3 N–H and O–H groups in total. The molecule has 0 aromatic carbocycles. The SMILES string of the molecule is CSC(C)CCNc1ncc(Br)cc1S(=O)(=O)N1CCCC(c2ccnc(N)n2)C1. The second kappa shape index (κ2) is 10.3. The molecule has 2 unspecified atom stereocenters. The molecule has 1 fully saturated rings. The van der Waals surface area contributed by atoms with Gasteiger partial charge in [0.25, 0.3) is 0 Å². The van der Waals surface area contributed by atoms with Crippen LogP contribution in [0, 0.1) is 0 Å². The number of halogens is 1. The summed E-state index contributed by atoms with van der Waals surface area (Å²) in [6.45, 7) is 3.62. The van der Waals surface area contributed by atoms with Crippen LogP contribution in [0.1, 0.15) is 37.8 Å². The summed E-state index contributed by atoms with van der Waals surface area (Å²) in [5.74, 6) is 0.576. The van der Waals surface area contributed by atoms with Gasteiger partial charge in [-0.3, -0.25) is 0 Å². The zero-order valence-electron chi connectivity index (χ0n) is 17.1. The van der Waals surface area contributed by atoms with Gasteiger partial charge in [0, 0.05) is 47.7 Å². The number of aromatic nitrogens is 3. The van der Waals surface area contributed by atoms with Gasteiger partial charge in [-0.15, -0.1) is 0 Å². The van der Waals surface area contributed by atoms with Crippen molar-refractivity contribution in [2.75, 3.05) is 36.9 Å². The van der Waals surface area contributed by atoms with Crippen molar-refractivity contribution in [1.29, 1.82) is 0 Å². The van der Waals surface area contributed by atoms with E-state index in [0.29, 0.717) is 35.2 Å². The van der Waals surface area contributed by atoms with Gasteiger partial charge in [-0.2, -0.15) is 16.1 Å². The fourth-order valence-electron chi connectivity index (χ4n) is 3.42. The number of nitrogens with one attached hydrogen (secondary N) is 1. The standard InChI is InChI=1S/C19H27BrN6O2S2/c1-13(29-2)5-7-22-18-17(10-15(20)11-24-18)30(27,28)26-9-3-4-14(12-26)16-6-8-23-19(21)25-16/h6,8,10-11,13-14H,3-5,7,9,12H2,1-2H3,(H,22,24)(H2,21,23,25). The molecule has 0 saturated carbocycles. The Morgan fingerprint density at radius 2 is 2.23 bits per heavy atom. The van der Waals surface area contributed by atoms with E-state index in [0.717, 1.165) is 25.0 Å². The van der Waals surface area contributed by atoms with Gasteiger partial charge in [0.15, 0.2) is 0 Å². The topological polar surface area (TPSA) is 114 Å². The average Bonchev–Trinajstić information content (AvgIpc) is 2.74. The Morgan fingerprint density at radius 1 is 1.43 bits per heavy atom. The number of rotatable bonds is 8. The number of pyridine rings is 1. The Bertz CT molecular complexity index is 975. The third-order valence-corrected chi connectivity index (χ3v) is 8.53. The molecule has 30 heavy (non-hydrogen) atoms. The molecule has 1 saturated heterocycles. The second-order valence-corrected chi connectivity index (χ2v) is 11.4. The van der Waals surface area contributed by atoms with E-state index in [1.54, 1.807) is 36.3 Å². The first-order valence-corrected chi connectivity index (χ1v) is 13.3. The highest BCUT2D eigenvalue weighted by molar-refractivity contribution is 9.10. The summed E-state index contributed by atoms with van der Waals surface area (Å²) >= 11 is 5.14. The van der Waals surface area contributed by atoms with E-state index in [9.17, 15) is 8.42 Å². The first-order valence-electron chi connectivity index (χ1n) is 9.82. The molecule has 0 spiro atoms. The molecule has 0 amide bonds. The summed E-state index contributed by atoms with van der Waals surface area (Å²) in [7, 11) is -3.72. The molecule has 2 aromatic heterocycles. The quantitative estimate of drug-likeness (QED) is 0.551. The second-order valence-electron chi connectivity index (χ2n) is 7.30. The third kappa shape index (κ3) is 5.63. The molecule has 11 heteroatoms. The van der Waals surface area contributed by atoms with Crippen molar-refractivity contribution in [3.05, 3.63) is 34.7 Å². The smallest absolute Gasteiger partial charge is 0.246 e. The molecule has 2 atom stereocenters. The first kappa shape index (κ1) is 23.2. The zero-order valence-corrected chi connectivity index (χ0v) is 20.3. The van der Waals surface area contributed by atoms with Crippen molar-refractivity contribution < 1.29 is 8.42 Å². The van der Waals surface area contributed by atoms with Crippen LogP contribution in [0.4, 0.5) is 11.8 Å². The Hall–Kier alpha value is -1.43. The molecule has 3 rings (SSSR count). The Kier molecular flexibility index (Phi) is 7.94. The maximum atomic E-state index is 13.5. The molecule has 0 radical (unpaired) electrons. The molecule has 0 bridgehead atoms. The first-order chi connectivity index (χ1) is 14.3. The predicted molar refractivity (Wildman–Crippen MR) is 125 cm³/mol. The number of hydrogen-bond donors (Lipinski definition) is 2. The molecular weight excluding hydrogens is 488 g/mol. The lowest BCUT2D eigenvalue weighted by atomic mass is 9.96. The molecule has 164 valence electrons. The van der Waals surface area contributed by atoms with Crippen molar-refractivity contribution >= 4 is 49.5 Å². The van der Waals surface area contributed by atoms with E-state index in [1.807, 2.05) is 0 Å². The fraction of sp³-hybridized carbons (Fsp3) is 0.526. The molecule has 2 aromatic rings. The number of nitrogen functional groups attached to an aromatic ring is 1. The average molecular weight is 516 g/mol. The van der Waals surface area contributed by atoms with Crippen molar-refractivity contribution in [2.24, 2.45) is 0 Å². The van der Waals surface area contributed by atoms with Crippen LogP contribution in [0.5, 0.6) is 0 Å². The van der Waals surface area contributed by atoms with Crippen molar-refractivity contribution in [3.8, 4) is 0 Å². The van der Waals surface area contributed by atoms with Gasteiger partial charge < -0.3 is 11.1 Å². The lowest BCUT2D eigenvalue weighted by Gasteiger charge is -2.32. The number of thioether (sulfide) groups is 1. The van der Waals surface area contributed by atoms with Gasteiger partial charge in [-0.05, 0) is 53.6 Å². The van der Waals surface area contributed by atoms with Crippen LogP contribution in [0.15, 0.2) is 33.9 Å². The van der Waals surface area contributed by atoms with E-state index in [4.69, 9.17) is 5.73 Å². The van der Waals surface area contributed by atoms with E-state index in [-0.39, 0.29) is 16.8 Å². The summed E-state index contributed by atoms with van der Waals surface area (Å²) in [5, 5.41) is 3.70. The minimum atomic E-state index is -3.72. The number of nitrogens with two attached hydrogens (primary N) is 1. The van der Waals surface area contributed by atoms with Gasteiger partial charge in [0.2, 0.25) is 16.0 Å². The summed E-state index contributed by atoms with van der Waals surface area (Å²) in [5.41, 5.74) is 6.49.